The van der Waals surface area contributed by atoms with Crippen LogP contribution < -0.4 is 5.32 Å². The van der Waals surface area contributed by atoms with E-state index in [0.717, 1.165) is 5.56 Å². The maximum Gasteiger partial charge on any atom is 0.275 e. The zero-order chi connectivity index (χ0) is 13.7. The maximum absolute atomic E-state index is 12.8. The summed E-state index contributed by atoms with van der Waals surface area (Å²) in [6, 6.07) is 5.98. The highest BCUT2D eigenvalue weighted by Crippen LogP contribution is 2.14. The second kappa shape index (κ2) is 6.10. The van der Waals surface area contributed by atoms with Crippen molar-refractivity contribution < 1.29 is 18.3 Å². The zero-order valence-electron chi connectivity index (χ0n) is 10.4. The van der Waals surface area contributed by atoms with Gasteiger partial charge in [-0.1, -0.05) is 12.1 Å². The molecular formula is C13H13FN2O3. The van der Waals surface area contributed by atoms with Crippen molar-refractivity contribution >= 4 is 5.91 Å². The lowest BCUT2D eigenvalue weighted by atomic mass is 10.1. The molecule has 1 N–H and O–H groups in total. The molecule has 0 atom stereocenters. The van der Waals surface area contributed by atoms with Crippen LogP contribution in [0, 0.1) is 5.82 Å². The van der Waals surface area contributed by atoms with Crippen molar-refractivity contribution in [2.24, 2.45) is 0 Å². The van der Waals surface area contributed by atoms with Gasteiger partial charge in [0.05, 0.1) is 0 Å². The molecule has 0 aliphatic rings. The topological polar surface area (TPSA) is 64.4 Å². The minimum Gasteiger partial charge on any atom is -0.447 e. The van der Waals surface area contributed by atoms with E-state index in [2.05, 4.69) is 10.3 Å². The van der Waals surface area contributed by atoms with Crippen LogP contribution in [0.1, 0.15) is 21.8 Å². The van der Waals surface area contributed by atoms with E-state index in [4.69, 9.17) is 9.15 Å². The lowest BCUT2D eigenvalue weighted by molar-refractivity contribution is 0.0866. The number of oxazole rings is 1. The number of hydrogen-bond donors (Lipinski definition) is 1. The Kier molecular flexibility index (Phi) is 4.25. The van der Waals surface area contributed by atoms with Crippen LogP contribution in [0.25, 0.3) is 0 Å². The van der Waals surface area contributed by atoms with Crippen molar-refractivity contribution in [3.63, 3.8) is 0 Å². The number of aromatic nitrogens is 1. The van der Waals surface area contributed by atoms with E-state index < -0.39 is 0 Å². The second-order valence-electron chi connectivity index (χ2n) is 3.87. The molecule has 2 rings (SSSR count). The molecule has 0 unspecified atom stereocenters. The molecule has 19 heavy (non-hydrogen) atoms. The third-order valence-electron chi connectivity index (χ3n) is 2.51. The first-order valence-corrected chi connectivity index (χ1v) is 5.64. The van der Waals surface area contributed by atoms with Crippen LogP contribution in [0.5, 0.6) is 0 Å². The highest BCUT2D eigenvalue weighted by molar-refractivity contribution is 5.93. The van der Waals surface area contributed by atoms with Gasteiger partial charge in [0.2, 0.25) is 0 Å². The van der Waals surface area contributed by atoms with Crippen molar-refractivity contribution in [1.82, 2.24) is 10.3 Å². The van der Waals surface area contributed by atoms with E-state index >= 15 is 0 Å². The highest BCUT2D eigenvalue weighted by atomic mass is 19.1. The SMILES string of the molecule is COCNC(=O)c1ncoc1Cc1ccc(F)cc1. The smallest absolute Gasteiger partial charge is 0.275 e. The van der Waals surface area contributed by atoms with Crippen molar-refractivity contribution in [1.29, 1.82) is 0 Å². The number of amides is 1. The van der Waals surface area contributed by atoms with E-state index in [9.17, 15) is 9.18 Å². The molecule has 0 fully saturated rings. The first-order chi connectivity index (χ1) is 9.20. The van der Waals surface area contributed by atoms with Crippen LogP contribution in [0.4, 0.5) is 4.39 Å². The molecule has 2 aromatic rings. The molecule has 1 heterocycles. The zero-order valence-corrected chi connectivity index (χ0v) is 10.4. The van der Waals surface area contributed by atoms with Gasteiger partial charge < -0.3 is 14.5 Å². The van der Waals surface area contributed by atoms with Crippen LogP contribution in [-0.4, -0.2) is 24.7 Å². The van der Waals surface area contributed by atoms with Crippen LogP contribution in [0.15, 0.2) is 35.1 Å². The molecule has 0 spiro atoms. The number of carbonyl (C=O) groups excluding carboxylic acids is 1. The quantitative estimate of drug-likeness (QED) is 0.835. The first-order valence-electron chi connectivity index (χ1n) is 5.64. The monoisotopic (exact) mass is 264 g/mol. The number of nitrogens with zero attached hydrogens (tertiary/aromatic N) is 1. The molecule has 0 bridgehead atoms. The second-order valence-corrected chi connectivity index (χ2v) is 3.87. The molecule has 0 aliphatic heterocycles. The number of hydrogen-bond acceptors (Lipinski definition) is 4. The van der Waals surface area contributed by atoms with Crippen molar-refractivity contribution in [2.45, 2.75) is 6.42 Å². The van der Waals surface area contributed by atoms with Gasteiger partial charge in [-0.05, 0) is 17.7 Å². The van der Waals surface area contributed by atoms with Gasteiger partial charge >= 0.3 is 0 Å². The standard InChI is InChI=1S/C13H13FN2O3/c1-18-7-16-13(17)12-11(19-8-15-12)6-9-2-4-10(14)5-3-9/h2-5,8H,6-7H2,1H3,(H,16,17). The number of nitrogens with one attached hydrogen (secondary N) is 1. The molecule has 5 nitrogen and oxygen atoms in total. The van der Waals surface area contributed by atoms with Gasteiger partial charge in [0.25, 0.3) is 5.91 Å². The number of carbonyl (C=O) groups is 1. The fraction of sp³-hybridized carbons (Fsp3) is 0.231. The maximum atomic E-state index is 12.8. The van der Waals surface area contributed by atoms with Crippen molar-refractivity contribution in [3.05, 3.63) is 53.5 Å². The number of ether oxygens (including phenoxy) is 1. The van der Waals surface area contributed by atoms with E-state index in [1.807, 2.05) is 0 Å². The van der Waals surface area contributed by atoms with E-state index in [-0.39, 0.29) is 24.1 Å². The fourth-order valence-electron chi connectivity index (χ4n) is 1.59. The van der Waals surface area contributed by atoms with Crippen LogP contribution in [0.3, 0.4) is 0 Å². The highest BCUT2D eigenvalue weighted by Gasteiger charge is 2.16. The summed E-state index contributed by atoms with van der Waals surface area (Å²) in [4.78, 5) is 15.6. The van der Waals surface area contributed by atoms with Gasteiger partial charge in [0, 0.05) is 13.5 Å². The predicted octanol–water partition coefficient (Wildman–Crippen LogP) is 1.74. The molecule has 1 amide bonds. The van der Waals surface area contributed by atoms with Crippen molar-refractivity contribution in [3.8, 4) is 0 Å². The van der Waals surface area contributed by atoms with Crippen LogP contribution in [-0.2, 0) is 11.2 Å². The molecule has 0 aliphatic carbocycles. The molecule has 0 radical (unpaired) electrons. The number of benzene rings is 1. The Morgan fingerprint density at radius 3 is 2.84 bits per heavy atom. The minimum absolute atomic E-state index is 0.0989. The van der Waals surface area contributed by atoms with Gasteiger partial charge in [0.15, 0.2) is 12.1 Å². The fourth-order valence-corrected chi connectivity index (χ4v) is 1.59. The normalized spacial score (nSPS) is 10.4. The number of rotatable bonds is 5. The largest absolute Gasteiger partial charge is 0.447 e. The Balaban J connectivity index is 2.11. The Hall–Kier alpha value is -2.21. The van der Waals surface area contributed by atoms with Crippen LogP contribution >= 0.6 is 0 Å². The summed E-state index contributed by atoms with van der Waals surface area (Å²) in [6.45, 7) is 0.0989. The summed E-state index contributed by atoms with van der Waals surface area (Å²) in [7, 11) is 1.47. The molecule has 0 saturated carbocycles. The van der Waals surface area contributed by atoms with Crippen molar-refractivity contribution in [2.75, 3.05) is 13.8 Å². The first kappa shape index (κ1) is 13.2. The molecule has 0 saturated heterocycles. The Bertz CT molecular complexity index is 551. The third-order valence-corrected chi connectivity index (χ3v) is 2.51. The molecule has 100 valence electrons. The summed E-state index contributed by atoms with van der Waals surface area (Å²) in [5, 5.41) is 2.53. The van der Waals surface area contributed by atoms with E-state index in [0.29, 0.717) is 12.2 Å². The summed E-state index contributed by atoms with van der Waals surface area (Å²) in [6.07, 6.45) is 1.58. The Labute approximate surface area is 109 Å². The average Bonchev–Trinajstić information content (AvgIpc) is 2.87. The van der Waals surface area contributed by atoms with E-state index in [1.54, 1.807) is 12.1 Å². The summed E-state index contributed by atoms with van der Waals surface area (Å²) >= 11 is 0. The van der Waals surface area contributed by atoms with Gasteiger partial charge in [-0.2, -0.15) is 0 Å². The third kappa shape index (κ3) is 3.38. The van der Waals surface area contributed by atoms with Gasteiger partial charge in [-0.25, -0.2) is 9.37 Å². The summed E-state index contributed by atoms with van der Waals surface area (Å²) in [5.74, 6) is -0.243. The Morgan fingerprint density at radius 1 is 1.42 bits per heavy atom. The number of halogens is 1. The summed E-state index contributed by atoms with van der Waals surface area (Å²) < 4.78 is 22.7. The minimum atomic E-state index is -0.368. The molecule has 1 aromatic heterocycles. The Morgan fingerprint density at radius 2 is 2.16 bits per heavy atom. The lowest BCUT2D eigenvalue weighted by Crippen LogP contribution is -2.26. The molecular weight excluding hydrogens is 251 g/mol. The van der Waals surface area contributed by atoms with Crippen LogP contribution in [0.2, 0.25) is 0 Å². The van der Waals surface area contributed by atoms with Gasteiger partial charge in [-0.15, -0.1) is 0 Å². The number of methoxy groups -OCH3 is 1. The van der Waals surface area contributed by atoms with Gasteiger partial charge in [-0.3, -0.25) is 4.79 Å². The molecule has 6 heteroatoms. The van der Waals surface area contributed by atoms with E-state index in [1.165, 1.54) is 25.6 Å². The van der Waals surface area contributed by atoms with Gasteiger partial charge in [0.1, 0.15) is 18.3 Å². The lowest BCUT2D eigenvalue weighted by Gasteiger charge is -2.03. The predicted molar refractivity (Wildman–Crippen MR) is 65.1 cm³/mol. The summed E-state index contributed by atoms with van der Waals surface area (Å²) in [5.41, 5.74) is 1.04. The molecule has 1 aromatic carbocycles. The average molecular weight is 264 g/mol.